The van der Waals surface area contributed by atoms with Crippen LogP contribution in [0.25, 0.3) is 0 Å². The summed E-state index contributed by atoms with van der Waals surface area (Å²) < 4.78 is 8.19. The third kappa shape index (κ3) is 3.55. The van der Waals surface area contributed by atoms with E-state index in [1.165, 1.54) is 31.4 Å². The van der Waals surface area contributed by atoms with Crippen molar-refractivity contribution in [3.63, 3.8) is 0 Å². The first-order chi connectivity index (χ1) is 15.3. The Hall–Kier alpha value is -2.27. The predicted molar refractivity (Wildman–Crippen MR) is 129 cm³/mol. The molecule has 5 nitrogen and oxygen atoms in total. The molecule has 1 saturated heterocycles. The maximum Gasteiger partial charge on any atom is 0.253 e. The second-order valence-electron chi connectivity index (χ2n) is 10.9. The van der Waals surface area contributed by atoms with Crippen molar-refractivity contribution >= 4 is 5.91 Å². The topological polar surface area (TPSA) is 46.5 Å². The lowest BCUT2D eigenvalue weighted by Crippen LogP contribution is -2.61. The maximum absolute atomic E-state index is 13.4. The number of piperidine rings is 1. The fourth-order valence-corrected chi connectivity index (χ4v) is 6.25. The highest BCUT2D eigenvalue weighted by atomic mass is 16.5. The zero-order valence-electron chi connectivity index (χ0n) is 20.0. The zero-order chi connectivity index (χ0) is 22.5. The molecule has 2 fully saturated rings. The average Bonchev–Trinajstić information content (AvgIpc) is 3.30. The standard InChI is InChI=1S/C27H37N3O2.H2/c1-26(2,3)20-12-11-19(18-23(20)32-4)25(31)29-16-13-27(14-17-29)24-10-7-15-30(24)22-9-6-5-8-21(22)28-27;/h7,10-12,15,18,21-22,28H,5-6,8-9,13-14,16-17H2,1-4H3;1H/t21-,22+;/m0./s1. The molecule has 174 valence electrons. The van der Waals surface area contributed by atoms with E-state index in [-0.39, 0.29) is 18.3 Å². The predicted octanol–water partition coefficient (Wildman–Crippen LogP) is 5.26. The summed E-state index contributed by atoms with van der Waals surface area (Å²) in [6, 6.07) is 11.6. The number of rotatable bonds is 2. The Labute approximate surface area is 193 Å². The minimum atomic E-state index is -0.0248. The quantitative estimate of drug-likeness (QED) is 0.697. The number of carbonyl (C=O) groups excluding carboxylic acids is 1. The van der Waals surface area contributed by atoms with Crippen molar-refractivity contribution in [3.8, 4) is 5.75 Å². The van der Waals surface area contributed by atoms with Crippen molar-refractivity contribution in [2.75, 3.05) is 20.2 Å². The molecule has 0 bridgehead atoms. The van der Waals surface area contributed by atoms with Crippen molar-refractivity contribution in [1.82, 2.24) is 14.8 Å². The van der Waals surface area contributed by atoms with Gasteiger partial charge >= 0.3 is 0 Å². The lowest BCUT2D eigenvalue weighted by molar-refractivity contribution is 0.0512. The van der Waals surface area contributed by atoms with Crippen molar-refractivity contribution in [3.05, 3.63) is 53.3 Å². The summed E-state index contributed by atoms with van der Waals surface area (Å²) in [6.45, 7) is 8.05. The van der Waals surface area contributed by atoms with E-state index in [9.17, 15) is 4.79 Å². The third-order valence-corrected chi connectivity index (χ3v) is 7.98. The van der Waals surface area contributed by atoms with Crippen molar-refractivity contribution in [2.45, 2.75) is 82.3 Å². The van der Waals surface area contributed by atoms with E-state index in [2.05, 4.69) is 55.1 Å². The van der Waals surface area contributed by atoms with E-state index < -0.39 is 0 Å². The molecule has 1 saturated carbocycles. The number of methoxy groups -OCH3 is 1. The van der Waals surface area contributed by atoms with Crippen LogP contribution in [-0.4, -0.2) is 41.6 Å². The van der Waals surface area contributed by atoms with Gasteiger partial charge in [-0.3, -0.25) is 4.79 Å². The second-order valence-corrected chi connectivity index (χ2v) is 10.9. The van der Waals surface area contributed by atoms with Crippen molar-refractivity contribution < 1.29 is 11.0 Å². The molecule has 1 aliphatic carbocycles. The van der Waals surface area contributed by atoms with Gasteiger partial charge in [0.15, 0.2) is 0 Å². The number of hydrogen-bond acceptors (Lipinski definition) is 3. The molecule has 3 heterocycles. The van der Waals surface area contributed by atoms with Crippen LogP contribution < -0.4 is 10.1 Å². The molecule has 2 aromatic rings. The van der Waals surface area contributed by atoms with Gasteiger partial charge in [-0.25, -0.2) is 0 Å². The Balaban J connectivity index is 0.00000259. The summed E-state index contributed by atoms with van der Waals surface area (Å²) >= 11 is 0. The number of nitrogens with zero attached hydrogens (tertiary/aromatic N) is 2. The number of carbonyl (C=O) groups is 1. The molecule has 32 heavy (non-hydrogen) atoms. The summed E-state index contributed by atoms with van der Waals surface area (Å²) in [4.78, 5) is 15.4. The smallest absolute Gasteiger partial charge is 0.253 e. The summed E-state index contributed by atoms with van der Waals surface area (Å²) in [5.74, 6) is 0.910. The number of hydrogen-bond donors (Lipinski definition) is 1. The van der Waals surface area contributed by atoms with Crippen LogP contribution in [0.1, 0.15) is 88.4 Å². The maximum atomic E-state index is 13.4. The molecule has 1 aromatic heterocycles. The lowest BCUT2D eigenvalue weighted by atomic mass is 9.77. The number of nitrogens with one attached hydrogen (secondary N) is 1. The van der Waals surface area contributed by atoms with E-state index in [0.717, 1.165) is 42.8 Å². The highest BCUT2D eigenvalue weighted by molar-refractivity contribution is 5.95. The van der Waals surface area contributed by atoms with E-state index in [1.807, 2.05) is 17.0 Å². The largest absolute Gasteiger partial charge is 0.496 e. The number of aromatic nitrogens is 1. The zero-order valence-corrected chi connectivity index (χ0v) is 20.0. The molecule has 2 atom stereocenters. The van der Waals surface area contributed by atoms with Gasteiger partial charge in [-0.05, 0) is 60.9 Å². The van der Waals surface area contributed by atoms with Crippen LogP contribution in [0.4, 0.5) is 0 Å². The third-order valence-electron chi connectivity index (χ3n) is 7.98. The van der Waals surface area contributed by atoms with Gasteiger partial charge in [0.2, 0.25) is 0 Å². The van der Waals surface area contributed by atoms with Crippen LogP contribution in [0.5, 0.6) is 5.75 Å². The monoisotopic (exact) mass is 437 g/mol. The Morgan fingerprint density at radius 2 is 1.91 bits per heavy atom. The highest BCUT2D eigenvalue weighted by Crippen LogP contribution is 2.44. The Kier molecular flexibility index (Phi) is 5.36. The van der Waals surface area contributed by atoms with Crippen LogP contribution in [0.15, 0.2) is 36.5 Å². The second kappa shape index (κ2) is 7.95. The number of fused-ring (bicyclic) bond motifs is 4. The molecule has 1 aromatic carbocycles. The van der Waals surface area contributed by atoms with Crippen molar-refractivity contribution in [1.29, 1.82) is 0 Å². The van der Waals surface area contributed by atoms with Gasteiger partial charge in [0, 0.05) is 44.1 Å². The van der Waals surface area contributed by atoms with Gasteiger partial charge in [-0.1, -0.05) is 39.7 Å². The minimum absolute atomic E-state index is 0. The first kappa shape index (κ1) is 21.6. The molecule has 1 amide bonds. The van der Waals surface area contributed by atoms with Gasteiger partial charge in [0.05, 0.1) is 12.6 Å². The van der Waals surface area contributed by atoms with Gasteiger partial charge < -0.3 is 19.5 Å². The van der Waals surface area contributed by atoms with E-state index >= 15 is 0 Å². The minimum Gasteiger partial charge on any atom is -0.496 e. The van der Waals surface area contributed by atoms with Gasteiger partial charge in [0.1, 0.15) is 5.75 Å². The average molecular weight is 438 g/mol. The first-order valence-corrected chi connectivity index (χ1v) is 12.3. The molecule has 1 N–H and O–H groups in total. The van der Waals surface area contributed by atoms with Crippen LogP contribution in [-0.2, 0) is 11.0 Å². The summed E-state index contributed by atoms with van der Waals surface area (Å²) in [5, 5.41) is 4.08. The molecule has 5 rings (SSSR count). The van der Waals surface area contributed by atoms with Crippen LogP contribution in [0.3, 0.4) is 0 Å². The molecular formula is C27H39N3O2. The van der Waals surface area contributed by atoms with Crippen LogP contribution >= 0.6 is 0 Å². The lowest BCUT2D eigenvalue weighted by Gasteiger charge is -2.52. The van der Waals surface area contributed by atoms with Crippen LogP contribution in [0, 0.1) is 0 Å². The van der Waals surface area contributed by atoms with Crippen molar-refractivity contribution in [2.24, 2.45) is 0 Å². The van der Waals surface area contributed by atoms with E-state index in [0.29, 0.717) is 12.1 Å². The van der Waals surface area contributed by atoms with Gasteiger partial charge in [-0.15, -0.1) is 0 Å². The number of ether oxygens (including phenoxy) is 1. The Bertz CT molecular complexity index is 1000. The number of amides is 1. The van der Waals surface area contributed by atoms with Crippen LogP contribution in [0.2, 0.25) is 0 Å². The molecule has 3 aliphatic rings. The Morgan fingerprint density at radius 3 is 2.62 bits per heavy atom. The molecule has 2 aliphatic heterocycles. The fourth-order valence-electron chi connectivity index (χ4n) is 6.25. The molecule has 1 spiro atoms. The first-order valence-electron chi connectivity index (χ1n) is 12.3. The molecule has 5 heteroatoms. The molecule has 0 radical (unpaired) electrons. The summed E-state index contributed by atoms with van der Waals surface area (Å²) in [6.07, 6.45) is 9.37. The summed E-state index contributed by atoms with van der Waals surface area (Å²) in [7, 11) is 1.69. The normalized spacial score (nSPS) is 24.7. The van der Waals surface area contributed by atoms with E-state index in [1.54, 1.807) is 7.11 Å². The van der Waals surface area contributed by atoms with Gasteiger partial charge in [-0.2, -0.15) is 0 Å². The SMILES string of the molecule is COc1cc(C(=O)N2CCC3(CC2)N[C@H]2CCCC[C@H]2n2cccc23)ccc1C(C)(C)C.[HH]. The summed E-state index contributed by atoms with van der Waals surface area (Å²) in [5.41, 5.74) is 3.24. The highest BCUT2D eigenvalue weighted by Gasteiger charge is 2.46. The Morgan fingerprint density at radius 1 is 1.16 bits per heavy atom. The number of likely N-dealkylation sites (tertiary alicyclic amines) is 1. The van der Waals surface area contributed by atoms with Gasteiger partial charge in [0.25, 0.3) is 5.91 Å². The molecule has 0 unspecified atom stereocenters. The fraction of sp³-hybridized carbons (Fsp3) is 0.593. The number of benzene rings is 1. The molecular weight excluding hydrogens is 398 g/mol. The van der Waals surface area contributed by atoms with E-state index in [4.69, 9.17) is 4.74 Å².